The van der Waals surface area contributed by atoms with Gasteiger partial charge in [0.15, 0.2) is 0 Å². The number of alkyl halides is 8. The minimum atomic E-state index is -6.02. The highest BCUT2D eigenvalue weighted by atomic mass is 19.4. The summed E-state index contributed by atoms with van der Waals surface area (Å²) in [5.74, 6) is -7.91. The number of nitriles is 1. The van der Waals surface area contributed by atoms with Gasteiger partial charge in [-0.2, -0.15) is 27.2 Å². The molecule has 0 fully saturated rings. The molecular formula is C15H6F9N3O2. The molecule has 0 unspecified atom stereocenters. The van der Waals surface area contributed by atoms with Gasteiger partial charge in [0, 0.05) is 17.7 Å². The number of hydrogen-bond acceptors (Lipinski definition) is 4. The largest absolute Gasteiger partial charge is 0.573 e. The number of nitrogens with zero attached hydrogens (tertiary/aromatic N) is 3. The van der Waals surface area contributed by atoms with Gasteiger partial charge in [-0.15, -0.1) is 13.2 Å². The average Bonchev–Trinajstić information content (AvgIpc) is 2.55. The van der Waals surface area contributed by atoms with Crippen LogP contribution in [0.2, 0.25) is 0 Å². The SMILES string of the molecule is N#Cc1cc(OC(F)(F)F)cc(F)c1Cn1cnc(C(F)(F)C(F)(F)F)cc1=O. The van der Waals surface area contributed by atoms with Crippen LogP contribution in [0.1, 0.15) is 16.8 Å². The number of hydrogen-bond donors (Lipinski definition) is 0. The molecule has 0 bridgehead atoms. The van der Waals surface area contributed by atoms with E-state index >= 15 is 0 Å². The highest BCUT2D eigenvalue weighted by Crippen LogP contribution is 2.42. The van der Waals surface area contributed by atoms with Gasteiger partial charge in [0.2, 0.25) is 0 Å². The number of aromatic nitrogens is 2. The molecule has 0 aliphatic rings. The smallest absolute Gasteiger partial charge is 0.406 e. The molecule has 0 saturated carbocycles. The molecule has 2 rings (SSSR count). The number of rotatable bonds is 4. The summed E-state index contributed by atoms with van der Waals surface area (Å²) in [6.07, 6.45) is -10.9. The zero-order valence-electron chi connectivity index (χ0n) is 13.6. The van der Waals surface area contributed by atoms with E-state index in [-0.39, 0.29) is 18.5 Å². The van der Waals surface area contributed by atoms with Crippen LogP contribution in [0.3, 0.4) is 0 Å². The number of benzene rings is 1. The van der Waals surface area contributed by atoms with Gasteiger partial charge >= 0.3 is 18.5 Å². The first-order valence-corrected chi connectivity index (χ1v) is 7.15. The molecular weight excluding hydrogens is 425 g/mol. The van der Waals surface area contributed by atoms with E-state index in [4.69, 9.17) is 5.26 Å². The van der Waals surface area contributed by atoms with E-state index in [0.717, 1.165) is 0 Å². The van der Waals surface area contributed by atoms with Gasteiger partial charge in [0.1, 0.15) is 17.3 Å². The zero-order chi connectivity index (χ0) is 22.2. The van der Waals surface area contributed by atoms with Crippen molar-refractivity contribution >= 4 is 0 Å². The number of ether oxygens (including phenoxy) is 1. The maximum atomic E-state index is 14.1. The minimum absolute atomic E-state index is 0.126. The molecule has 1 aromatic carbocycles. The molecule has 2 aromatic rings. The fourth-order valence-corrected chi connectivity index (χ4v) is 2.10. The topological polar surface area (TPSA) is 67.9 Å². The number of halogens is 9. The highest BCUT2D eigenvalue weighted by Gasteiger charge is 2.60. The van der Waals surface area contributed by atoms with Crippen LogP contribution in [0.5, 0.6) is 5.75 Å². The Labute approximate surface area is 154 Å². The van der Waals surface area contributed by atoms with Crippen LogP contribution in [-0.4, -0.2) is 22.1 Å². The van der Waals surface area contributed by atoms with Crippen molar-refractivity contribution in [3.8, 4) is 11.8 Å². The van der Waals surface area contributed by atoms with Crippen LogP contribution >= 0.6 is 0 Å². The molecule has 0 spiro atoms. The second kappa shape index (κ2) is 7.30. The Balaban J connectivity index is 2.43. The standard InChI is InChI=1S/C15H6F9N3O2/c16-10-2-8(29-15(22,23)24)1-7(4-25)9(10)5-27-6-26-11(3-12(27)28)13(17,18)14(19,20)21/h1-3,6H,5H2. The van der Waals surface area contributed by atoms with Gasteiger partial charge < -0.3 is 4.74 Å². The fraction of sp³-hybridized carbons (Fsp3) is 0.267. The molecule has 0 aliphatic heterocycles. The molecule has 0 radical (unpaired) electrons. The molecule has 5 nitrogen and oxygen atoms in total. The van der Waals surface area contributed by atoms with Crippen LogP contribution < -0.4 is 10.3 Å². The molecule has 0 aliphatic carbocycles. The Bertz CT molecular complexity index is 1020. The van der Waals surface area contributed by atoms with Gasteiger partial charge in [0.25, 0.3) is 5.56 Å². The van der Waals surface area contributed by atoms with Crippen LogP contribution in [0, 0.1) is 17.1 Å². The lowest BCUT2D eigenvalue weighted by molar-refractivity contribution is -0.291. The highest BCUT2D eigenvalue weighted by molar-refractivity contribution is 5.44. The Hall–Kier alpha value is -3.24. The van der Waals surface area contributed by atoms with Gasteiger partial charge in [-0.25, -0.2) is 9.37 Å². The van der Waals surface area contributed by atoms with E-state index in [0.29, 0.717) is 10.6 Å². The van der Waals surface area contributed by atoms with E-state index in [1.54, 1.807) is 0 Å². The van der Waals surface area contributed by atoms with Crippen molar-refractivity contribution in [3.63, 3.8) is 0 Å². The van der Waals surface area contributed by atoms with Crippen LogP contribution in [0.15, 0.2) is 29.3 Å². The summed E-state index contributed by atoms with van der Waals surface area (Å²) < 4.78 is 118. The van der Waals surface area contributed by atoms with Crippen molar-refractivity contribution in [3.05, 3.63) is 57.5 Å². The zero-order valence-corrected chi connectivity index (χ0v) is 13.6. The van der Waals surface area contributed by atoms with Crippen molar-refractivity contribution in [2.45, 2.75) is 25.0 Å². The van der Waals surface area contributed by atoms with Crippen molar-refractivity contribution < 1.29 is 44.3 Å². The lowest BCUT2D eigenvalue weighted by atomic mass is 10.1. The maximum absolute atomic E-state index is 14.1. The lowest BCUT2D eigenvalue weighted by Gasteiger charge is -2.19. The summed E-state index contributed by atoms with van der Waals surface area (Å²) in [6.45, 7) is -0.884. The Morgan fingerprint density at radius 3 is 2.17 bits per heavy atom. The normalized spacial score (nSPS) is 12.6. The van der Waals surface area contributed by atoms with Gasteiger partial charge in [-0.05, 0) is 6.07 Å². The summed E-state index contributed by atoms with van der Waals surface area (Å²) in [5.41, 5.74) is -4.68. The van der Waals surface area contributed by atoms with Crippen molar-refractivity contribution in [1.29, 1.82) is 5.26 Å². The fourth-order valence-electron chi connectivity index (χ4n) is 2.10. The summed E-state index contributed by atoms with van der Waals surface area (Å²) in [4.78, 5) is 14.7. The van der Waals surface area contributed by atoms with Crippen LogP contribution in [0.25, 0.3) is 0 Å². The van der Waals surface area contributed by atoms with Crippen molar-refractivity contribution in [2.24, 2.45) is 0 Å². The summed E-state index contributed by atoms with van der Waals surface area (Å²) >= 11 is 0. The second-order valence-electron chi connectivity index (χ2n) is 5.40. The van der Waals surface area contributed by atoms with E-state index in [9.17, 15) is 44.3 Å². The van der Waals surface area contributed by atoms with E-state index in [2.05, 4.69) is 9.72 Å². The van der Waals surface area contributed by atoms with E-state index < -0.39 is 59.0 Å². The van der Waals surface area contributed by atoms with Crippen LogP contribution in [0.4, 0.5) is 39.5 Å². The molecule has 156 valence electrons. The lowest BCUT2D eigenvalue weighted by Crippen LogP contribution is -2.36. The Morgan fingerprint density at radius 2 is 1.69 bits per heavy atom. The summed E-state index contributed by atoms with van der Waals surface area (Å²) in [5, 5.41) is 8.97. The Kier molecular flexibility index (Phi) is 5.55. The average molecular weight is 431 g/mol. The first kappa shape index (κ1) is 22.1. The first-order valence-electron chi connectivity index (χ1n) is 7.15. The maximum Gasteiger partial charge on any atom is 0.573 e. The molecule has 0 amide bonds. The quantitative estimate of drug-likeness (QED) is 0.690. The molecule has 0 atom stereocenters. The first-order chi connectivity index (χ1) is 13.2. The minimum Gasteiger partial charge on any atom is -0.406 e. The monoisotopic (exact) mass is 431 g/mol. The molecule has 0 N–H and O–H groups in total. The van der Waals surface area contributed by atoms with Gasteiger partial charge in [-0.1, -0.05) is 0 Å². The summed E-state index contributed by atoms with van der Waals surface area (Å²) in [6, 6.07) is 2.01. The third-order valence-corrected chi connectivity index (χ3v) is 3.41. The molecule has 14 heteroatoms. The van der Waals surface area contributed by atoms with Crippen molar-refractivity contribution in [1.82, 2.24) is 9.55 Å². The molecule has 1 aromatic heterocycles. The van der Waals surface area contributed by atoms with Gasteiger partial charge in [-0.3, -0.25) is 9.36 Å². The molecule has 0 saturated heterocycles. The summed E-state index contributed by atoms with van der Waals surface area (Å²) in [7, 11) is 0. The predicted molar refractivity (Wildman–Crippen MR) is 75.3 cm³/mol. The molecule has 1 heterocycles. The molecule has 29 heavy (non-hydrogen) atoms. The van der Waals surface area contributed by atoms with Crippen LogP contribution in [-0.2, 0) is 12.5 Å². The van der Waals surface area contributed by atoms with E-state index in [1.807, 2.05) is 0 Å². The van der Waals surface area contributed by atoms with Gasteiger partial charge in [0.05, 0.1) is 24.5 Å². The second-order valence-corrected chi connectivity index (χ2v) is 5.40. The Morgan fingerprint density at radius 1 is 1.07 bits per heavy atom. The third kappa shape index (κ3) is 4.79. The van der Waals surface area contributed by atoms with Crippen molar-refractivity contribution in [2.75, 3.05) is 0 Å². The third-order valence-electron chi connectivity index (χ3n) is 3.41. The van der Waals surface area contributed by atoms with E-state index in [1.165, 1.54) is 6.07 Å². The predicted octanol–water partition coefficient (Wildman–Crippen LogP) is 3.86.